The van der Waals surface area contributed by atoms with Gasteiger partial charge in [-0.05, 0) is 34.7 Å². The molecular formula is C9H5BrF3IN2. The number of alkyl halides is 3. The number of fused-ring (bicyclic) bond motifs is 1. The molecule has 2 aromatic rings. The Balaban J connectivity index is 2.56. The van der Waals surface area contributed by atoms with Gasteiger partial charge in [0.15, 0.2) is 0 Å². The predicted molar refractivity (Wildman–Crippen MR) is 66.2 cm³/mol. The van der Waals surface area contributed by atoms with Crippen molar-refractivity contribution in [1.29, 1.82) is 0 Å². The van der Waals surface area contributed by atoms with Gasteiger partial charge in [-0.2, -0.15) is 18.3 Å². The Bertz CT molecular complexity index is 535. The van der Waals surface area contributed by atoms with Gasteiger partial charge in [0.2, 0.25) is 0 Å². The predicted octanol–water partition coefficient (Wildman–Crippen LogP) is 3.97. The van der Waals surface area contributed by atoms with E-state index < -0.39 is 12.7 Å². The third-order valence-electron chi connectivity index (χ3n) is 2.01. The molecule has 0 bridgehead atoms. The summed E-state index contributed by atoms with van der Waals surface area (Å²) in [6.07, 6.45) is -2.83. The summed E-state index contributed by atoms with van der Waals surface area (Å²) < 4.78 is 39.4. The van der Waals surface area contributed by atoms with Crippen LogP contribution in [0.25, 0.3) is 10.9 Å². The van der Waals surface area contributed by atoms with E-state index in [0.717, 1.165) is 12.7 Å². The minimum Gasteiger partial charge on any atom is -0.256 e. The van der Waals surface area contributed by atoms with Crippen LogP contribution in [-0.4, -0.2) is 16.0 Å². The molecule has 0 saturated heterocycles. The Kier molecular flexibility index (Phi) is 3.17. The van der Waals surface area contributed by atoms with Gasteiger partial charge in [0.05, 0.1) is 11.7 Å². The molecule has 0 N–H and O–H groups in total. The molecule has 0 unspecified atom stereocenters. The quantitative estimate of drug-likeness (QED) is 0.658. The molecule has 2 rings (SSSR count). The summed E-state index contributed by atoms with van der Waals surface area (Å²) >= 11 is 5.35. The van der Waals surface area contributed by atoms with Crippen molar-refractivity contribution >= 4 is 49.4 Å². The maximum Gasteiger partial charge on any atom is 0.408 e. The second-order valence-corrected chi connectivity index (χ2v) is 5.34. The van der Waals surface area contributed by atoms with Crippen LogP contribution in [0.4, 0.5) is 13.2 Å². The van der Waals surface area contributed by atoms with Crippen molar-refractivity contribution in [1.82, 2.24) is 9.78 Å². The zero-order valence-electron chi connectivity index (χ0n) is 7.72. The number of hydrogen-bond acceptors (Lipinski definition) is 1. The summed E-state index contributed by atoms with van der Waals surface area (Å²) in [5.74, 6) is 0. The summed E-state index contributed by atoms with van der Waals surface area (Å²) in [5.41, 5.74) is 0.483. The Labute approximate surface area is 111 Å². The lowest BCUT2D eigenvalue weighted by Crippen LogP contribution is -2.18. The maximum absolute atomic E-state index is 12.3. The van der Waals surface area contributed by atoms with Crippen LogP contribution in [0.5, 0.6) is 0 Å². The van der Waals surface area contributed by atoms with Crippen LogP contribution in [-0.2, 0) is 6.54 Å². The summed E-state index contributed by atoms with van der Waals surface area (Å²) in [6, 6.07) is 3.52. The first kappa shape index (κ1) is 12.2. The molecule has 0 fully saturated rings. The second-order valence-electron chi connectivity index (χ2n) is 3.24. The Morgan fingerprint density at radius 1 is 1.38 bits per heavy atom. The van der Waals surface area contributed by atoms with Crippen LogP contribution in [0, 0.1) is 3.57 Å². The van der Waals surface area contributed by atoms with E-state index >= 15 is 0 Å². The molecule has 16 heavy (non-hydrogen) atoms. The summed E-state index contributed by atoms with van der Waals surface area (Å²) in [7, 11) is 0. The lowest BCUT2D eigenvalue weighted by Gasteiger charge is -2.07. The van der Waals surface area contributed by atoms with Crippen molar-refractivity contribution in [2.45, 2.75) is 12.7 Å². The highest BCUT2D eigenvalue weighted by molar-refractivity contribution is 14.1. The first-order chi connectivity index (χ1) is 7.37. The van der Waals surface area contributed by atoms with E-state index in [-0.39, 0.29) is 0 Å². The number of aromatic nitrogens is 2. The molecule has 0 amide bonds. The zero-order chi connectivity index (χ0) is 11.9. The number of halogens is 5. The van der Waals surface area contributed by atoms with Crippen LogP contribution in [0.2, 0.25) is 0 Å². The Morgan fingerprint density at radius 2 is 2.06 bits per heavy atom. The molecule has 7 heteroatoms. The van der Waals surface area contributed by atoms with Crippen LogP contribution in [0.1, 0.15) is 0 Å². The number of rotatable bonds is 1. The van der Waals surface area contributed by atoms with Crippen LogP contribution < -0.4 is 0 Å². The standard InChI is InChI=1S/C9H5BrF3IN2/c10-7-1-5(14)2-8-6(7)3-15-16(8)4-9(11,12)13/h1-3H,4H2. The van der Waals surface area contributed by atoms with Crippen molar-refractivity contribution in [2.24, 2.45) is 0 Å². The third kappa shape index (κ3) is 2.50. The first-order valence-electron chi connectivity index (χ1n) is 4.24. The van der Waals surface area contributed by atoms with Crippen LogP contribution >= 0.6 is 38.5 Å². The lowest BCUT2D eigenvalue weighted by atomic mass is 10.2. The van der Waals surface area contributed by atoms with E-state index in [9.17, 15) is 13.2 Å². The topological polar surface area (TPSA) is 17.8 Å². The highest BCUT2D eigenvalue weighted by atomic mass is 127. The van der Waals surface area contributed by atoms with E-state index in [4.69, 9.17) is 0 Å². The average Bonchev–Trinajstić information content (AvgIpc) is 2.46. The van der Waals surface area contributed by atoms with Crippen molar-refractivity contribution in [3.8, 4) is 0 Å². The third-order valence-corrected chi connectivity index (χ3v) is 3.28. The SMILES string of the molecule is FC(F)(F)Cn1ncc2c(Br)cc(I)cc21. The molecule has 0 aliphatic carbocycles. The maximum atomic E-state index is 12.3. The van der Waals surface area contributed by atoms with Crippen molar-refractivity contribution in [3.05, 3.63) is 26.4 Å². The van der Waals surface area contributed by atoms with Crippen LogP contribution in [0.3, 0.4) is 0 Å². The molecular weight excluding hydrogens is 400 g/mol. The molecule has 0 atom stereocenters. The van der Waals surface area contributed by atoms with Crippen molar-refractivity contribution < 1.29 is 13.2 Å². The fourth-order valence-electron chi connectivity index (χ4n) is 1.40. The minimum absolute atomic E-state index is 0.483. The van der Waals surface area contributed by atoms with Crippen LogP contribution in [0.15, 0.2) is 22.8 Å². The van der Waals surface area contributed by atoms with Crippen molar-refractivity contribution in [3.63, 3.8) is 0 Å². The molecule has 0 saturated carbocycles. The second kappa shape index (κ2) is 4.17. The van der Waals surface area contributed by atoms with Gasteiger partial charge in [0, 0.05) is 13.4 Å². The molecule has 0 radical (unpaired) electrons. The van der Waals surface area contributed by atoms with Gasteiger partial charge in [0.1, 0.15) is 6.54 Å². The Hall–Kier alpha value is -0.310. The van der Waals surface area contributed by atoms with Gasteiger partial charge in [-0.1, -0.05) is 15.9 Å². The van der Waals surface area contributed by atoms with Crippen molar-refractivity contribution in [2.75, 3.05) is 0 Å². The molecule has 2 nitrogen and oxygen atoms in total. The largest absolute Gasteiger partial charge is 0.408 e. The van der Waals surface area contributed by atoms with Gasteiger partial charge in [0.25, 0.3) is 0 Å². The minimum atomic E-state index is -4.26. The molecule has 0 spiro atoms. The smallest absolute Gasteiger partial charge is 0.256 e. The fraction of sp³-hybridized carbons (Fsp3) is 0.222. The zero-order valence-corrected chi connectivity index (χ0v) is 11.5. The van der Waals surface area contributed by atoms with E-state index in [0.29, 0.717) is 10.9 Å². The summed E-state index contributed by atoms with van der Waals surface area (Å²) in [6.45, 7) is -1.07. The lowest BCUT2D eigenvalue weighted by molar-refractivity contribution is -0.141. The van der Waals surface area contributed by atoms with E-state index in [1.807, 2.05) is 6.07 Å². The van der Waals surface area contributed by atoms with Gasteiger partial charge in [-0.3, -0.25) is 4.68 Å². The summed E-state index contributed by atoms with van der Waals surface area (Å²) in [4.78, 5) is 0. The fourth-order valence-corrected chi connectivity index (χ4v) is 2.98. The summed E-state index contributed by atoms with van der Waals surface area (Å²) in [5, 5.41) is 4.43. The van der Waals surface area contributed by atoms with E-state index in [1.165, 1.54) is 6.20 Å². The number of hydrogen-bond donors (Lipinski definition) is 0. The average molecular weight is 405 g/mol. The van der Waals surface area contributed by atoms with E-state index in [1.54, 1.807) is 6.07 Å². The molecule has 0 aliphatic heterocycles. The van der Waals surface area contributed by atoms with Gasteiger partial charge in [-0.15, -0.1) is 0 Å². The highest BCUT2D eigenvalue weighted by Gasteiger charge is 2.29. The van der Waals surface area contributed by atoms with Gasteiger partial charge >= 0.3 is 6.18 Å². The molecule has 1 heterocycles. The van der Waals surface area contributed by atoms with Gasteiger partial charge < -0.3 is 0 Å². The highest BCUT2D eigenvalue weighted by Crippen LogP contribution is 2.28. The first-order valence-corrected chi connectivity index (χ1v) is 6.11. The molecule has 0 aliphatic rings. The Morgan fingerprint density at radius 3 is 2.69 bits per heavy atom. The normalized spacial score (nSPS) is 12.3. The molecule has 1 aromatic heterocycles. The molecule has 1 aromatic carbocycles. The van der Waals surface area contributed by atoms with Gasteiger partial charge in [-0.25, -0.2) is 0 Å². The molecule has 86 valence electrons. The number of nitrogens with zero attached hydrogens (tertiary/aromatic N) is 2. The van der Waals surface area contributed by atoms with E-state index in [2.05, 4.69) is 43.6 Å². The number of benzene rings is 1. The monoisotopic (exact) mass is 404 g/mol.